The third kappa shape index (κ3) is 4.14. The molecule has 144 valence electrons. The molecule has 0 aliphatic rings. The molecule has 2 N–H and O–H groups in total. The van der Waals surface area contributed by atoms with Gasteiger partial charge in [0.1, 0.15) is 0 Å². The summed E-state index contributed by atoms with van der Waals surface area (Å²) in [5.41, 5.74) is 14.1. The molecule has 28 heavy (non-hydrogen) atoms. The molecule has 0 saturated carbocycles. The number of para-hydroxylation sites is 2. The van der Waals surface area contributed by atoms with E-state index in [4.69, 9.17) is 15.7 Å². The van der Waals surface area contributed by atoms with E-state index in [9.17, 15) is 0 Å². The minimum Gasteiger partial charge on any atom is -0.398 e. The summed E-state index contributed by atoms with van der Waals surface area (Å²) in [5.74, 6) is 0.822. The zero-order chi connectivity index (χ0) is 20.3. The van der Waals surface area contributed by atoms with Crippen molar-refractivity contribution in [3.8, 4) is 11.3 Å². The van der Waals surface area contributed by atoms with Crippen molar-refractivity contribution in [2.75, 3.05) is 5.73 Å². The van der Waals surface area contributed by atoms with E-state index in [2.05, 4.69) is 45.9 Å². The first-order valence-electron chi connectivity index (χ1n) is 9.89. The van der Waals surface area contributed by atoms with Gasteiger partial charge in [-0.25, -0.2) is 4.98 Å². The van der Waals surface area contributed by atoms with Gasteiger partial charge in [0.15, 0.2) is 0 Å². The molecule has 0 saturated heterocycles. The van der Waals surface area contributed by atoms with Crippen LogP contribution in [0.15, 0.2) is 65.7 Å². The van der Waals surface area contributed by atoms with Gasteiger partial charge in [-0.3, -0.25) is 4.99 Å². The highest BCUT2D eigenvalue weighted by atomic mass is 14.8. The molecule has 0 amide bonds. The summed E-state index contributed by atoms with van der Waals surface area (Å²) in [7, 11) is 0. The van der Waals surface area contributed by atoms with Crippen molar-refractivity contribution in [2.24, 2.45) is 4.99 Å². The molecular weight excluding hydrogens is 342 g/mol. The number of aromatic nitrogens is 1. The molecule has 0 aliphatic carbocycles. The van der Waals surface area contributed by atoms with Gasteiger partial charge in [0.05, 0.1) is 22.8 Å². The number of pyridine rings is 1. The standard InChI is InChI=1S/C25H29N3/c1-16(2)19-11-8-12-20(17(3)4)25(19)27-18(5)23-14-9-15-24(28-23)21-10-6-7-13-22(21)26/h6-17H,26H2,1-5H3. The van der Waals surface area contributed by atoms with Crippen LogP contribution in [0.4, 0.5) is 11.4 Å². The highest BCUT2D eigenvalue weighted by molar-refractivity contribution is 5.99. The third-order valence-corrected chi connectivity index (χ3v) is 4.98. The normalized spacial score (nSPS) is 12.0. The van der Waals surface area contributed by atoms with Crippen LogP contribution in [-0.2, 0) is 0 Å². The first-order valence-corrected chi connectivity index (χ1v) is 9.89. The van der Waals surface area contributed by atoms with E-state index < -0.39 is 0 Å². The Morgan fingerprint density at radius 2 is 1.43 bits per heavy atom. The van der Waals surface area contributed by atoms with Gasteiger partial charge in [-0.15, -0.1) is 0 Å². The lowest BCUT2D eigenvalue weighted by molar-refractivity contribution is 0.834. The molecule has 0 bridgehead atoms. The Kier molecular flexibility index (Phi) is 5.93. The Hall–Kier alpha value is -2.94. The van der Waals surface area contributed by atoms with Crippen LogP contribution >= 0.6 is 0 Å². The van der Waals surface area contributed by atoms with Gasteiger partial charge in [0.25, 0.3) is 0 Å². The maximum Gasteiger partial charge on any atom is 0.0849 e. The molecule has 0 fully saturated rings. The van der Waals surface area contributed by atoms with Crippen LogP contribution < -0.4 is 5.73 Å². The van der Waals surface area contributed by atoms with E-state index in [1.807, 2.05) is 49.4 Å². The van der Waals surface area contributed by atoms with Crippen molar-refractivity contribution in [3.05, 3.63) is 77.5 Å². The second kappa shape index (κ2) is 8.39. The lowest BCUT2D eigenvalue weighted by Gasteiger charge is -2.17. The van der Waals surface area contributed by atoms with Crippen molar-refractivity contribution >= 4 is 17.1 Å². The van der Waals surface area contributed by atoms with Crippen LogP contribution in [0, 0.1) is 0 Å². The number of rotatable bonds is 5. The number of hydrogen-bond acceptors (Lipinski definition) is 3. The molecule has 0 radical (unpaired) electrons. The van der Waals surface area contributed by atoms with Gasteiger partial charge < -0.3 is 5.73 Å². The Balaban J connectivity index is 2.09. The van der Waals surface area contributed by atoms with Gasteiger partial charge in [0.2, 0.25) is 0 Å². The summed E-state index contributed by atoms with van der Waals surface area (Å²) in [6.07, 6.45) is 0. The molecule has 0 aliphatic heterocycles. The van der Waals surface area contributed by atoms with Gasteiger partial charge in [-0.2, -0.15) is 0 Å². The summed E-state index contributed by atoms with van der Waals surface area (Å²) in [6.45, 7) is 10.9. The van der Waals surface area contributed by atoms with Gasteiger partial charge >= 0.3 is 0 Å². The number of aliphatic imine (C=N–C) groups is 1. The molecule has 0 unspecified atom stereocenters. The van der Waals surface area contributed by atoms with Crippen molar-refractivity contribution in [2.45, 2.75) is 46.5 Å². The Morgan fingerprint density at radius 1 is 0.821 bits per heavy atom. The summed E-state index contributed by atoms with van der Waals surface area (Å²) < 4.78 is 0. The number of anilines is 1. The molecule has 3 aromatic rings. The second-order valence-electron chi connectivity index (χ2n) is 7.79. The number of nitrogen functional groups attached to an aromatic ring is 1. The molecule has 0 spiro atoms. The molecule has 1 aromatic heterocycles. The summed E-state index contributed by atoms with van der Waals surface area (Å²) in [4.78, 5) is 9.89. The number of nitrogens with zero attached hydrogens (tertiary/aromatic N) is 2. The highest BCUT2D eigenvalue weighted by Crippen LogP contribution is 2.35. The average molecular weight is 372 g/mol. The summed E-state index contributed by atoms with van der Waals surface area (Å²) in [6, 6.07) is 20.3. The van der Waals surface area contributed by atoms with Crippen molar-refractivity contribution in [3.63, 3.8) is 0 Å². The zero-order valence-electron chi connectivity index (χ0n) is 17.4. The Labute approximate surface area is 168 Å². The van der Waals surface area contributed by atoms with Crippen LogP contribution in [0.25, 0.3) is 11.3 Å². The van der Waals surface area contributed by atoms with Crippen LogP contribution in [0.2, 0.25) is 0 Å². The van der Waals surface area contributed by atoms with E-state index in [0.717, 1.165) is 34.0 Å². The largest absolute Gasteiger partial charge is 0.398 e. The van der Waals surface area contributed by atoms with Crippen LogP contribution in [0.1, 0.15) is 63.3 Å². The quantitative estimate of drug-likeness (QED) is 0.400. The van der Waals surface area contributed by atoms with Gasteiger partial charge in [0, 0.05) is 11.3 Å². The SMILES string of the molecule is CC(=Nc1c(C(C)C)cccc1C(C)C)c1cccc(-c2ccccc2N)n1. The molecule has 2 aromatic carbocycles. The van der Waals surface area contributed by atoms with Crippen LogP contribution in [0.3, 0.4) is 0 Å². The van der Waals surface area contributed by atoms with Crippen LogP contribution in [0.5, 0.6) is 0 Å². The fourth-order valence-corrected chi connectivity index (χ4v) is 3.38. The minimum absolute atomic E-state index is 0.411. The zero-order valence-corrected chi connectivity index (χ0v) is 17.4. The average Bonchev–Trinajstić information content (AvgIpc) is 2.68. The van der Waals surface area contributed by atoms with E-state index in [0.29, 0.717) is 11.8 Å². The fraction of sp³-hybridized carbons (Fsp3) is 0.280. The summed E-state index contributed by atoms with van der Waals surface area (Å²) >= 11 is 0. The highest BCUT2D eigenvalue weighted by Gasteiger charge is 2.14. The second-order valence-corrected chi connectivity index (χ2v) is 7.79. The maximum absolute atomic E-state index is 6.14. The first kappa shape index (κ1) is 19.8. The van der Waals surface area contributed by atoms with Gasteiger partial charge in [-0.05, 0) is 48.1 Å². The third-order valence-electron chi connectivity index (χ3n) is 4.98. The van der Waals surface area contributed by atoms with E-state index in [-0.39, 0.29) is 0 Å². The topological polar surface area (TPSA) is 51.3 Å². The minimum atomic E-state index is 0.411. The predicted octanol–water partition coefficient (Wildman–Crippen LogP) is 6.72. The predicted molar refractivity (Wildman–Crippen MR) is 121 cm³/mol. The number of hydrogen-bond donors (Lipinski definition) is 1. The first-order chi connectivity index (χ1) is 13.4. The lowest BCUT2D eigenvalue weighted by Crippen LogP contribution is -2.02. The maximum atomic E-state index is 6.14. The summed E-state index contributed by atoms with van der Waals surface area (Å²) in [5, 5.41) is 0. The molecule has 3 rings (SSSR count). The monoisotopic (exact) mass is 371 g/mol. The molecule has 3 heteroatoms. The van der Waals surface area contributed by atoms with Crippen molar-refractivity contribution in [1.82, 2.24) is 4.98 Å². The van der Waals surface area contributed by atoms with Crippen molar-refractivity contribution in [1.29, 1.82) is 0 Å². The van der Waals surface area contributed by atoms with E-state index in [1.54, 1.807) is 0 Å². The number of nitrogens with two attached hydrogens (primary N) is 1. The molecule has 1 heterocycles. The number of benzene rings is 2. The smallest absolute Gasteiger partial charge is 0.0849 e. The van der Waals surface area contributed by atoms with E-state index >= 15 is 0 Å². The molecular formula is C25H29N3. The van der Waals surface area contributed by atoms with Crippen LogP contribution in [-0.4, -0.2) is 10.7 Å². The van der Waals surface area contributed by atoms with Crippen molar-refractivity contribution < 1.29 is 0 Å². The Bertz CT molecular complexity index is 974. The fourth-order valence-electron chi connectivity index (χ4n) is 3.38. The van der Waals surface area contributed by atoms with Gasteiger partial charge in [-0.1, -0.05) is 70.2 Å². The molecule has 3 nitrogen and oxygen atoms in total. The molecule has 0 atom stereocenters. The lowest BCUT2D eigenvalue weighted by atomic mass is 9.93. The van der Waals surface area contributed by atoms with E-state index in [1.165, 1.54) is 11.1 Å². The Morgan fingerprint density at radius 3 is 2.04 bits per heavy atom.